The first-order valence-corrected chi connectivity index (χ1v) is 13.2. The molecule has 4 heteroatoms. The second-order valence-corrected chi connectivity index (χ2v) is 21.3. The Labute approximate surface area is 92.3 Å². The fraction of sp³-hybridized carbons (Fsp3) is 1.00. The molecule has 0 aromatic rings. The summed E-state index contributed by atoms with van der Waals surface area (Å²) in [5, 5.41) is 0.987. The van der Waals surface area contributed by atoms with Crippen LogP contribution in [0.4, 0.5) is 0 Å². The Morgan fingerprint density at radius 3 is 2.23 bits per heavy atom. The van der Waals surface area contributed by atoms with E-state index < -0.39 is 15.4 Å². The normalized spacial score (nSPS) is 37.4. The van der Waals surface area contributed by atoms with Crippen molar-refractivity contribution in [2.45, 2.75) is 51.2 Å². The maximum atomic E-state index is 6.38. The molecule has 0 saturated carbocycles. The lowest BCUT2D eigenvalue weighted by Gasteiger charge is -2.50. The van der Waals surface area contributed by atoms with E-state index in [1.165, 1.54) is 12.5 Å². The van der Waals surface area contributed by atoms with E-state index in [9.17, 15) is 0 Å². The molecule has 1 rings (SSSR count). The van der Waals surface area contributed by atoms with Gasteiger partial charge in [-0.05, 0) is 26.4 Å². The SMILES string of the molecule is CC1(CBr)CC[Si](C)(C)[Si](C)(C)O1. The van der Waals surface area contributed by atoms with Crippen molar-refractivity contribution in [1.29, 1.82) is 0 Å². The van der Waals surface area contributed by atoms with Gasteiger partial charge in [0.2, 0.25) is 0 Å². The molecule has 0 amide bonds. The summed E-state index contributed by atoms with van der Waals surface area (Å²) < 4.78 is 6.38. The Hall–Kier alpha value is 0.874. The van der Waals surface area contributed by atoms with E-state index in [4.69, 9.17) is 4.43 Å². The van der Waals surface area contributed by atoms with Crippen molar-refractivity contribution in [3.63, 3.8) is 0 Å². The van der Waals surface area contributed by atoms with E-state index in [1.54, 1.807) is 0 Å². The fourth-order valence-corrected chi connectivity index (χ4v) is 9.57. The Morgan fingerprint density at radius 2 is 1.85 bits per heavy atom. The lowest BCUT2D eigenvalue weighted by atomic mass is 10.1. The molecule has 0 N–H and O–H groups in total. The third-order valence-electron chi connectivity index (χ3n) is 3.69. The van der Waals surface area contributed by atoms with Gasteiger partial charge in [-0.3, -0.25) is 0 Å². The molecular formula is C9H21BrOSi2. The van der Waals surface area contributed by atoms with Gasteiger partial charge in [0.1, 0.15) is 0 Å². The van der Waals surface area contributed by atoms with Crippen molar-refractivity contribution >= 4 is 31.4 Å². The van der Waals surface area contributed by atoms with E-state index in [1.807, 2.05) is 0 Å². The van der Waals surface area contributed by atoms with Crippen LogP contribution in [-0.4, -0.2) is 26.4 Å². The van der Waals surface area contributed by atoms with Crippen molar-refractivity contribution in [3.8, 4) is 0 Å². The molecule has 0 aliphatic carbocycles. The fourth-order valence-electron chi connectivity index (χ4n) is 1.78. The van der Waals surface area contributed by atoms with Crippen molar-refractivity contribution in [3.05, 3.63) is 0 Å². The molecule has 0 bridgehead atoms. The van der Waals surface area contributed by atoms with Crippen LogP contribution in [0.5, 0.6) is 0 Å². The lowest BCUT2D eigenvalue weighted by Crippen LogP contribution is -2.65. The second-order valence-electron chi connectivity index (χ2n) is 5.58. The highest BCUT2D eigenvalue weighted by atomic mass is 79.9. The summed E-state index contributed by atoms with van der Waals surface area (Å²) in [5.41, 5.74) is 0.123. The van der Waals surface area contributed by atoms with Crippen LogP contribution in [0.2, 0.25) is 32.2 Å². The average Bonchev–Trinajstić information content (AvgIpc) is 1.98. The first-order chi connectivity index (χ1) is 5.72. The van der Waals surface area contributed by atoms with Gasteiger partial charge in [-0.15, -0.1) is 0 Å². The van der Waals surface area contributed by atoms with Gasteiger partial charge < -0.3 is 4.43 Å². The van der Waals surface area contributed by atoms with Gasteiger partial charge >= 0.3 is 0 Å². The zero-order valence-corrected chi connectivity index (χ0v) is 13.0. The molecule has 1 aliphatic heterocycles. The van der Waals surface area contributed by atoms with Crippen LogP contribution in [0.15, 0.2) is 0 Å². The first-order valence-electron chi connectivity index (χ1n) is 4.99. The van der Waals surface area contributed by atoms with Crippen LogP contribution in [0.1, 0.15) is 13.3 Å². The topological polar surface area (TPSA) is 9.23 Å². The average molecular weight is 281 g/mol. The molecule has 1 atom stereocenters. The van der Waals surface area contributed by atoms with Crippen molar-refractivity contribution < 1.29 is 4.43 Å². The molecule has 1 fully saturated rings. The molecule has 0 aromatic heterocycles. The summed E-state index contributed by atoms with van der Waals surface area (Å²) in [7, 11) is -2.39. The van der Waals surface area contributed by atoms with Gasteiger partial charge in [-0.2, -0.15) is 0 Å². The largest absolute Gasteiger partial charge is 0.414 e. The van der Waals surface area contributed by atoms with Gasteiger partial charge in [0.25, 0.3) is 0 Å². The van der Waals surface area contributed by atoms with Crippen molar-refractivity contribution in [1.82, 2.24) is 0 Å². The summed E-state index contributed by atoms with van der Waals surface area (Å²) in [6.07, 6.45) is 1.24. The Morgan fingerprint density at radius 1 is 1.31 bits per heavy atom. The summed E-state index contributed by atoms with van der Waals surface area (Å²) in [6.45, 7) is 12.0. The van der Waals surface area contributed by atoms with Crippen LogP contribution in [0.25, 0.3) is 0 Å². The highest BCUT2D eigenvalue weighted by Crippen LogP contribution is 2.39. The van der Waals surface area contributed by atoms with Gasteiger partial charge in [-0.1, -0.05) is 35.1 Å². The maximum Gasteiger partial charge on any atom is 0.174 e. The standard InChI is InChI=1S/C9H21BrOSi2/c1-9(8-10)6-7-12(2,3)13(4,5)11-9/h6-8H2,1-5H3. The number of hydrogen-bond acceptors (Lipinski definition) is 1. The van der Waals surface area contributed by atoms with Crippen LogP contribution in [0, 0.1) is 0 Å². The van der Waals surface area contributed by atoms with E-state index in [2.05, 4.69) is 49.0 Å². The summed E-state index contributed by atoms with van der Waals surface area (Å²) in [4.78, 5) is 0. The minimum Gasteiger partial charge on any atom is -0.414 e. The van der Waals surface area contributed by atoms with E-state index in [-0.39, 0.29) is 5.60 Å². The van der Waals surface area contributed by atoms with Gasteiger partial charge in [0.15, 0.2) is 7.83 Å². The molecule has 13 heavy (non-hydrogen) atoms. The van der Waals surface area contributed by atoms with Crippen LogP contribution in [0.3, 0.4) is 0 Å². The van der Waals surface area contributed by atoms with Crippen LogP contribution in [-0.2, 0) is 4.43 Å². The number of hydrogen-bond donors (Lipinski definition) is 0. The highest BCUT2D eigenvalue weighted by Gasteiger charge is 2.50. The molecule has 1 heterocycles. The zero-order chi connectivity index (χ0) is 10.3. The lowest BCUT2D eigenvalue weighted by molar-refractivity contribution is 0.0997. The van der Waals surface area contributed by atoms with Crippen molar-refractivity contribution in [2.24, 2.45) is 0 Å². The van der Waals surface area contributed by atoms with E-state index in [0.717, 1.165) is 5.33 Å². The van der Waals surface area contributed by atoms with E-state index in [0.29, 0.717) is 0 Å². The van der Waals surface area contributed by atoms with Gasteiger partial charge in [0.05, 0.1) is 13.2 Å². The predicted molar refractivity (Wildman–Crippen MR) is 67.7 cm³/mol. The highest BCUT2D eigenvalue weighted by molar-refractivity contribution is 9.09. The number of halogens is 1. The second kappa shape index (κ2) is 3.47. The quantitative estimate of drug-likeness (QED) is 0.527. The molecule has 0 spiro atoms. The summed E-state index contributed by atoms with van der Waals surface area (Å²) >= 11 is 3.57. The maximum absolute atomic E-state index is 6.38. The Kier molecular flexibility index (Phi) is 3.19. The Balaban J connectivity index is 2.82. The third kappa shape index (κ3) is 2.27. The molecule has 1 saturated heterocycles. The minimum atomic E-state index is -1.37. The molecule has 1 unspecified atom stereocenters. The minimum absolute atomic E-state index is 0.123. The van der Waals surface area contributed by atoms with E-state index >= 15 is 0 Å². The number of rotatable bonds is 1. The molecule has 0 radical (unpaired) electrons. The smallest absolute Gasteiger partial charge is 0.174 e. The Bertz CT molecular complexity index is 206. The van der Waals surface area contributed by atoms with Crippen LogP contribution >= 0.6 is 15.9 Å². The monoisotopic (exact) mass is 280 g/mol. The summed E-state index contributed by atoms with van der Waals surface area (Å²) in [6, 6.07) is 1.44. The first kappa shape index (κ1) is 11.9. The predicted octanol–water partition coefficient (Wildman–Crippen LogP) is 3.55. The zero-order valence-electron chi connectivity index (χ0n) is 9.41. The van der Waals surface area contributed by atoms with Crippen molar-refractivity contribution in [2.75, 3.05) is 5.33 Å². The van der Waals surface area contributed by atoms with Gasteiger partial charge in [-0.25, -0.2) is 0 Å². The third-order valence-corrected chi connectivity index (χ3v) is 21.5. The molecule has 1 aliphatic rings. The molecule has 78 valence electrons. The molecular weight excluding hydrogens is 260 g/mol. The van der Waals surface area contributed by atoms with Gasteiger partial charge in [0, 0.05) is 5.33 Å². The molecule has 0 aromatic carbocycles. The molecule has 1 nitrogen and oxygen atoms in total. The van der Waals surface area contributed by atoms with Crippen LogP contribution < -0.4 is 0 Å². The number of alkyl halides is 1. The summed E-state index contributed by atoms with van der Waals surface area (Å²) in [5.74, 6) is 0.